The van der Waals surface area contributed by atoms with Gasteiger partial charge in [-0.2, -0.15) is 10.2 Å². The van der Waals surface area contributed by atoms with Crippen LogP contribution in [0.5, 0.6) is 0 Å². The molecule has 0 fully saturated rings. The Kier molecular flexibility index (Phi) is 5.80. The molecule has 0 aliphatic carbocycles. The second-order valence-electron chi connectivity index (χ2n) is 7.41. The molecule has 0 bridgehead atoms. The molecule has 1 atom stereocenters. The number of hydrogen-bond donors (Lipinski definition) is 1. The highest BCUT2D eigenvalue weighted by molar-refractivity contribution is 6.33. The molecule has 1 unspecified atom stereocenters. The topological polar surface area (TPSA) is 64.7 Å². The molecule has 164 valence electrons. The van der Waals surface area contributed by atoms with Crippen LogP contribution < -0.4 is 5.32 Å². The van der Waals surface area contributed by atoms with Gasteiger partial charge in [0.05, 0.1) is 34.9 Å². The van der Waals surface area contributed by atoms with E-state index in [2.05, 4.69) is 15.5 Å². The molecular weight excluding hydrogens is 436 g/mol. The van der Waals surface area contributed by atoms with E-state index >= 15 is 0 Å². The van der Waals surface area contributed by atoms with E-state index in [1.807, 2.05) is 13.8 Å². The van der Waals surface area contributed by atoms with Gasteiger partial charge in [0, 0.05) is 11.3 Å². The molecule has 0 saturated carbocycles. The molecule has 0 spiro atoms. The Morgan fingerprint density at radius 3 is 2.06 bits per heavy atom. The molecule has 2 aromatic carbocycles. The van der Waals surface area contributed by atoms with Crippen molar-refractivity contribution in [1.29, 1.82) is 0 Å². The van der Waals surface area contributed by atoms with Gasteiger partial charge in [-0.25, -0.2) is 18.1 Å². The van der Waals surface area contributed by atoms with Gasteiger partial charge in [0.25, 0.3) is 5.91 Å². The molecule has 2 heterocycles. The van der Waals surface area contributed by atoms with Gasteiger partial charge in [-0.05, 0) is 69.3 Å². The van der Waals surface area contributed by atoms with Gasteiger partial charge in [0.15, 0.2) is 0 Å². The standard InChI is InChI=1S/C23H20ClF2N5O/c1-13(20-12-27-30(15(20)3)18-8-4-16(25)5-9-18)28-23(32)21-14(2)29-31(22(21)24)19-10-6-17(26)7-11-19/h4-13H,1-3H3,(H,28,32). The average Bonchev–Trinajstić information content (AvgIpc) is 3.28. The second kappa shape index (κ2) is 8.55. The van der Waals surface area contributed by atoms with Crippen molar-refractivity contribution in [1.82, 2.24) is 24.9 Å². The van der Waals surface area contributed by atoms with Gasteiger partial charge in [-0.3, -0.25) is 4.79 Å². The fourth-order valence-electron chi connectivity index (χ4n) is 3.55. The summed E-state index contributed by atoms with van der Waals surface area (Å²) >= 11 is 6.46. The molecule has 6 nitrogen and oxygen atoms in total. The van der Waals surface area contributed by atoms with Crippen LogP contribution in [0.3, 0.4) is 0 Å². The summed E-state index contributed by atoms with van der Waals surface area (Å²) in [5, 5.41) is 11.8. The monoisotopic (exact) mass is 455 g/mol. The van der Waals surface area contributed by atoms with Gasteiger partial charge in [0.1, 0.15) is 16.8 Å². The van der Waals surface area contributed by atoms with Crippen molar-refractivity contribution in [2.45, 2.75) is 26.8 Å². The Hall–Kier alpha value is -3.52. The van der Waals surface area contributed by atoms with Crippen LogP contribution in [0.4, 0.5) is 8.78 Å². The number of aromatic nitrogens is 4. The van der Waals surface area contributed by atoms with Crippen molar-refractivity contribution in [2.75, 3.05) is 0 Å². The van der Waals surface area contributed by atoms with Crippen molar-refractivity contribution in [3.05, 3.63) is 94.0 Å². The Labute approximate surface area is 188 Å². The summed E-state index contributed by atoms with van der Waals surface area (Å²) in [4.78, 5) is 13.0. The molecule has 4 aromatic rings. The molecule has 0 saturated heterocycles. The highest BCUT2D eigenvalue weighted by Gasteiger charge is 2.24. The lowest BCUT2D eigenvalue weighted by molar-refractivity contribution is 0.0939. The SMILES string of the molecule is Cc1nn(-c2ccc(F)cc2)c(Cl)c1C(=O)NC(C)c1cnn(-c2ccc(F)cc2)c1C. The highest BCUT2D eigenvalue weighted by atomic mass is 35.5. The van der Waals surface area contributed by atoms with Crippen LogP contribution >= 0.6 is 11.6 Å². The van der Waals surface area contributed by atoms with Crippen LogP contribution in [-0.2, 0) is 0 Å². The molecule has 4 rings (SSSR count). The Morgan fingerprint density at radius 1 is 0.969 bits per heavy atom. The van der Waals surface area contributed by atoms with Crippen LogP contribution in [0, 0.1) is 25.5 Å². The number of amides is 1. The summed E-state index contributed by atoms with van der Waals surface area (Å²) in [6.07, 6.45) is 1.67. The number of nitrogens with zero attached hydrogens (tertiary/aromatic N) is 4. The molecule has 1 N–H and O–H groups in total. The maximum atomic E-state index is 13.2. The summed E-state index contributed by atoms with van der Waals surface area (Å²) in [5.74, 6) is -1.09. The number of nitrogens with one attached hydrogen (secondary N) is 1. The minimum Gasteiger partial charge on any atom is -0.345 e. The van der Waals surface area contributed by atoms with Gasteiger partial charge < -0.3 is 5.32 Å². The lowest BCUT2D eigenvalue weighted by Crippen LogP contribution is -2.27. The van der Waals surface area contributed by atoms with Gasteiger partial charge in [0.2, 0.25) is 0 Å². The number of carbonyl (C=O) groups is 1. The molecule has 0 aliphatic heterocycles. The number of halogens is 3. The average molecular weight is 456 g/mol. The molecule has 9 heteroatoms. The highest BCUT2D eigenvalue weighted by Crippen LogP contribution is 2.26. The minimum absolute atomic E-state index is 0.137. The van der Waals surface area contributed by atoms with E-state index in [0.29, 0.717) is 17.1 Å². The van der Waals surface area contributed by atoms with Crippen molar-refractivity contribution >= 4 is 17.5 Å². The van der Waals surface area contributed by atoms with Crippen molar-refractivity contribution in [2.24, 2.45) is 0 Å². The van der Waals surface area contributed by atoms with E-state index in [4.69, 9.17) is 11.6 Å². The summed E-state index contributed by atoms with van der Waals surface area (Å²) in [6.45, 7) is 5.40. The molecule has 1 amide bonds. The van der Waals surface area contributed by atoms with E-state index in [-0.39, 0.29) is 34.3 Å². The van der Waals surface area contributed by atoms with Crippen LogP contribution in [-0.4, -0.2) is 25.5 Å². The summed E-state index contributed by atoms with van der Waals surface area (Å²) in [7, 11) is 0. The van der Waals surface area contributed by atoms with E-state index < -0.39 is 0 Å². The normalized spacial score (nSPS) is 12.1. The van der Waals surface area contributed by atoms with Gasteiger partial charge >= 0.3 is 0 Å². The first kappa shape index (κ1) is 21.7. The fraction of sp³-hybridized carbons (Fsp3) is 0.174. The number of hydrogen-bond acceptors (Lipinski definition) is 3. The van der Waals surface area contributed by atoms with Gasteiger partial charge in [-0.1, -0.05) is 11.6 Å². The zero-order valence-corrected chi connectivity index (χ0v) is 18.4. The molecule has 2 aromatic heterocycles. The number of benzene rings is 2. The minimum atomic E-state index is -0.387. The van der Waals surface area contributed by atoms with Gasteiger partial charge in [-0.15, -0.1) is 0 Å². The van der Waals surface area contributed by atoms with Crippen LogP contribution in [0.25, 0.3) is 11.4 Å². The quantitative estimate of drug-likeness (QED) is 0.455. The van der Waals surface area contributed by atoms with Crippen molar-refractivity contribution in [3.8, 4) is 11.4 Å². The zero-order valence-electron chi connectivity index (χ0n) is 17.6. The Morgan fingerprint density at radius 2 is 1.50 bits per heavy atom. The van der Waals surface area contributed by atoms with E-state index in [1.165, 1.54) is 41.1 Å². The molecule has 0 aliphatic rings. The first-order chi connectivity index (χ1) is 15.3. The largest absolute Gasteiger partial charge is 0.345 e. The maximum absolute atomic E-state index is 13.2. The predicted octanol–water partition coefficient (Wildman–Crippen LogP) is 5.10. The maximum Gasteiger partial charge on any atom is 0.256 e. The lowest BCUT2D eigenvalue weighted by atomic mass is 10.1. The van der Waals surface area contributed by atoms with Crippen LogP contribution in [0.2, 0.25) is 5.15 Å². The van der Waals surface area contributed by atoms with Crippen LogP contribution in [0.1, 0.15) is 40.3 Å². The predicted molar refractivity (Wildman–Crippen MR) is 117 cm³/mol. The Bertz CT molecular complexity index is 1280. The van der Waals surface area contributed by atoms with E-state index in [9.17, 15) is 13.6 Å². The number of rotatable bonds is 5. The summed E-state index contributed by atoms with van der Waals surface area (Å²) in [5.41, 5.74) is 3.57. The third-order valence-corrected chi connectivity index (χ3v) is 5.58. The number of carbonyl (C=O) groups excluding carboxylic acids is 1. The second-order valence-corrected chi connectivity index (χ2v) is 7.77. The smallest absolute Gasteiger partial charge is 0.256 e. The zero-order chi connectivity index (χ0) is 23.0. The first-order valence-electron chi connectivity index (χ1n) is 9.88. The molecular formula is C23H20ClF2N5O. The van der Waals surface area contributed by atoms with E-state index in [1.54, 1.807) is 29.9 Å². The Balaban J connectivity index is 1.57. The van der Waals surface area contributed by atoms with Crippen molar-refractivity contribution in [3.63, 3.8) is 0 Å². The molecule has 32 heavy (non-hydrogen) atoms. The lowest BCUT2D eigenvalue weighted by Gasteiger charge is -2.14. The third-order valence-electron chi connectivity index (χ3n) is 5.24. The first-order valence-corrected chi connectivity index (χ1v) is 10.3. The third kappa shape index (κ3) is 4.01. The molecule has 0 radical (unpaired) electrons. The van der Waals surface area contributed by atoms with E-state index in [0.717, 1.165) is 11.3 Å². The van der Waals surface area contributed by atoms with Crippen LogP contribution in [0.15, 0.2) is 54.7 Å². The number of aryl methyl sites for hydroxylation is 1. The van der Waals surface area contributed by atoms with Crippen molar-refractivity contribution < 1.29 is 13.6 Å². The fourth-order valence-corrected chi connectivity index (χ4v) is 3.90. The summed E-state index contributed by atoms with van der Waals surface area (Å²) < 4.78 is 29.5. The summed E-state index contributed by atoms with van der Waals surface area (Å²) in [6, 6.07) is 11.3.